The Bertz CT molecular complexity index is 678. The molecule has 2 heterocycles. The van der Waals surface area contributed by atoms with Gasteiger partial charge in [-0.05, 0) is 51.3 Å². The molecule has 2 aromatic rings. The van der Waals surface area contributed by atoms with Crippen molar-refractivity contribution in [2.45, 2.75) is 53.0 Å². The first kappa shape index (κ1) is 22.5. The lowest BCUT2D eigenvalue weighted by atomic mass is 10.1. The molecule has 2 rings (SSSR count). The van der Waals surface area contributed by atoms with Crippen molar-refractivity contribution in [3.63, 3.8) is 0 Å². The van der Waals surface area contributed by atoms with E-state index in [0.29, 0.717) is 0 Å². The van der Waals surface area contributed by atoms with Gasteiger partial charge in [0.1, 0.15) is 5.76 Å². The van der Waals surface area contributed by atoms with Crippen LogP contribution in [0, 0.1) is 13.8 Å². The van der Waals surface area contributed by atoms with Crippen molar-refractivity contribution in [2.75, 3.05) is 13.1 Å². The Hall–Kier alpha value is -1.51. The van der Waals surface area contributed by atoms with Gasteiger partial charge in [-0.2, -0.15) is 5.10 Å². The van der Waals surface area contributed by atoms with Gasteiger partial charge < -0.3 is 15.1 Å². The Morgan fingerprint density at radius 1 is 1.38 bits per heavy atom. The SMILES string of the molecule is CCCN=C(NCCc1ccco1)NC(C)Cc1c(C)nn(C)c1C.I. The largest absolute Gasteiger partial charge is 0.469 e. The number of rotatable bonds is 8. The first-order valence-corrected chi connectivity index (χ1v) is 9.07. The molecular formula is C19H32IN5O. The van der Waals surface area contributed by atoms with Gasteiger partial charge in [0.2, 0.25) is 0 Å². The standard InChI is InChI=1S/C19H31N5O.HI/c1-6-10-20-19(21-11-9-17-8-7-12-25-17)22-14(2)13-18-15(3)23-24(5)16(18)4;/h7-8,12,14H,6,9-11,13H2,1-5H3,(H2,20,21,22);1H. The highest BCUT2D eigenvalue weighted by Gasteiger charge is 2.14. The van der Waals surface area contributed by atoms with Gasteiger partial charge in [-0.25, -0.2) is 0 Å². The second-order valence-corrected chi connectivity index (χ2v) is 6.51. The number of furan rings is 1. The quantitative estimate of drug-likeness (QED) is 0.351. The summed E-state index contributed by atoms with van der Waals surface area (Å²) in [5.74, 6) is 1.84. The Morgan fingerprint density at radius 3 is 2.73 bits per heavy atom. The maximum Gasteiger partial charge on any atom is 0.191 e. The second kappa shape index (κ2) is 11.3. The molecule has 6 nitrogen and oxygen atoms in total. The number of nitrogens with one attached hydrogen (secondary N) is 2. The maximum absolute atomic E-state index is 5.38. The van der Waals surface area contributed by atoms with Crippen LogP contribution in [0.15, 0.2) is 27.8 Å². The lowest BCUT2D eigenvalue weighted by molar-refractivity contribution is 0.506. The zero-order valence-electron chi connectivity index (χ0n) is 16.5. The third-order valence-corrected chi connectivity index (χ3v) is 4.29. The van der Waals surface area contributed by atoms with E-state index in [1.165, 1.54) is 11.3 Å². The molecule has 1 atom stereocenters. The fourth-order valence-electron chi connectivity index (χ4n) is 2.84. The average molecular weight is 473 g/mol. The minimum atomic E-state index is 0. The van der Waals surface area contributed by atoms with E-state index in [0.717, 1.165) is 49.8 Å². The van der Waals surface area contributed by atoms with Gasteiger partial charge in [-0.3, -0.25) is 9.67 Å². The summed E-state index contributed by atoms with van der Waals surface area (Å²) in [5.41, 5.74) is 3.64. The Kier molecular flexibility index (Phi) is 9.75. The van der Waals surface area contributed by atoms with Crippen LogP contribution >= 0.6 is 24.0 Å². The van der Waals surface area contributed by atoms with Crippen LogP contribution in [0.5, 0.6) is 0 Å². The highest BCUT2D eigenvalue weighted by molar-refractivity contribution is 14.0. The number of nitrogens with zero attached hydrogens (tertiary/aromatic N) is 3. The van der Waals surface area contributed by atoms with E-state index >= 15 is 0 Å². The summed E-state index contributed by atoms with van der Waals surface area (Å²) in [6.45, 7) is 10.1. The van der Waals surface area contributed by atoms with Crippen molar-refractivity contribution in [3.8, 4) is 0 Å². The van der Waals surface area contributed by atoms with Crippen LogP contribution < -0.4 is 10.6 Å². The summed E-state index contributed by atoms with van der Waals surface area (Å²) in [5, 5.41) is 11.4. The molecule has 0 aliphatic rings. The van der Waals surface area contributed by atoms with Crippen molar-refractivity contribution < 1.29 is 4.42 Å². The predicted octanol–water partition coefficient (Wildman–Crippen LogP) is 3.37. The van der Waals surface area contributed by atoms with Crippen molar-refractivity contribution >= 4 is 29.9 Å². The zero-order valence-corrected chi connectivity index (χ0v) is 18.8. The third kappa shape index (κ3) is 6.66. The molecule has 0 aliphatic heterocycles. The molecule has 146 valence electrons. The monoisotopic (exact) mass is 473 g/mol. The van der Waals surface area contributed by atoms with E-state index < -0.39 is 0 Å². The number of halogens is 1. The van der Waals surface area contributed by atoms with Crippen LogP contribution in [0.3, 0.4) is 0 Å². The third-order valence-electron chi connectivity index (χ3n) is 4.29. The normalized spacial score (nSPS) is 12.6. The first-order valence-electron chi connectivity index (χ1n) is 9.07. The van der Waals surface area contributed by atoms with Crippen LogP contribution in [0.25, 0.3) is 0 Å². The average Bonchev–Trinajstić information content (AvgIpc) is 3.17. The number of aliphatic imine (C=N–C) groups is 1. The predicted molar refractivity (Wildman–Crippen MR) is 117 cm³/mol. The highest BCUT2D eigenvalue weighted by atomic mass is 127. The molecule has 0 bridgehead atoms. The van der Waals surface area contributed by atoms with Crippen LogP contribution in [0.2, 0.25) is 0 Å². The lowest BCUT2D eigenvalue weighted by Gasteiger charge is -2.18. The molecule has 0 aliphatic carbocycles. The summed E-state index contributed by atoms with van der Waals surface area (Å²) in [4.78, 5) is 4.64. The van der Waals surface area contributed by atoms with E-state index in [4.69, 9.17) is 4.42 Å². The van der Waals surface area contributed by atoms with Gasteiger partial charge in [0, 0.05) is 38.3 Å². The fraction of sp³-hybridized carbons (Fsp3) is 0.579. The van der Waals surface area contributed by atoms with E-state index in [2.05, 4.69) is 48.4 Å². The highest BCUT2D eigenvalue weighted by Crippen LogP contribution is 2.14. The van der Waals surface area contributed by atoms with Crippen LogP contribution in [0.4, 0.5) is 0 Å². The lowest BCUT2D eigenvalue weighted by Crippen LogP contribution is -2.44. The summed E-state index contributed by atoms with van der Waals surface area (Å²) in [6.07, 6.45) is 4.51. The summed E-state index contributed by atoms with van der Waals surface area (Å²) >= 11 is 0. The zero-order chi connectivity index (χ0) is 18.2. The molecule has 2 N–H and O–H groups in total. The second-order valence-electron chi connectivity index (χ2n) is 6.51. The molecule has 0 radical (unpaired) electrons. The molecule has 0 amide bonds. The van der Waals surface area contributed by atoms with Gasteiger partial charge in [0.15, 0.2) is 5.96 Å². The van der Waals surface area contributed by atoms with Gasteiger partial charge in [-0.15, -0.1) is 24.0 Å². The van der Waals surface area contributed by atoms with Gasteiger partial charge in [-0.1, -0.05) is 6.92 Å². The Balaban J connectivity index is 0.00000338. The molecule has 0 spiro atoms. The van der Waals surface area contributed by atoms with Crippen molar-refractivity contribution in [1.82, 2.24) is 20.4 Å². The van der Waals surface area contributed by atoms with Crippen LogP contribution in [0.1, 0.15) is 43.0 Å². The number of guanidine groups is 1. The van der Waals surface area contributed by atoms with Gasteiger partial charge >= 0.3 is 0 Å². The molecule has 1 unspecified atom stereocenters. The molecule has 0 saturated carbocycles. The van der Waals surface area contributed by atoms with Crippen molar-refractivity contribution in [2.24, 2.45) is 12.0 Å². The van der Waals surface area contributed by atoms with Gasteiger partial charge in [0.25, 0.3) is 0 Å². The summed E-state index contributed by atoms with van der Waals surface area (Å²) in [6, 6.07) is 4.18. The van der Waals surface area contributed by atoms with E-state index in [9.17, 15) is 0 Å². The molecule has 0 fully saturated rings. The van der Waals surface area contributed by atoms with E-state index in [-0.39, 0.29) is 30.0 Å². The minimum absolute atomic E-state index is 0. The number of hydrogen-bond acceptors (Lipinski definition) is 3. The van der Waals surface area contributed by atoms with Crippen molar-refractivity contribution in [3.05, 3.63) is 41.1 Å². The Morgan fingerprint density at radius 2 is 2.15 bits per heavy atom. The molecule has 7 heteroatoms. The van der Waals surface area contributed by atoms with Crippen molar-refractivity contribution in [1.29, 1.82) is 0 Å². The number of aryl methyl sites for hydroxylation is 2. The number of hydrogen-bond donors (Lipinski definition) is 2. The summed E-state index contributed by atoms with van der Waals surface area (Å²) in [7, 11) is 1.99. The molecule has 26 heavy (non-hydrogen) atoms. The Labute approximate surface area is 173 Å². The molecule has 2 aromatic heterocycles. The van der Waals surface area contributed by atoms with Crippen LogP contribution in [-0.4, -0.2) is 34.9 Å². The topological polar surface area (TPSA) is 67.4 Å². The maximum atomic E-state index is 5.38. The van der Waals surface area contributed by atoms with E-state index in [1.54, 1.807) is 6.26 Å². The van der Waals surface area contributed by atoms with E-state index in [1.807, 2.05) is 23.9 Å². The fourth-order valence-corrected chi connectivity index (χ4v) is 2.84. The number of aromatic nitrogens is 2. The molecule has 0 saturated heterocycles. The summed E-state index contributed by atoms with van der Waals surface area (Å²) < 4.78 is 7.33. The van der Waals surface area contributed by atoms with Crippen LogP contribution in [-0.2, 0) is 19.9 Å². The molecular weight excluding hydrogens is 441 g/mol. The van der Waals surface area contributed by atoms with Gasteiger partial charge in [0.05, 0.1) is 12.0 Å². The minimum Gasteiger partial charge on any atom is -0.469 e. The molecule has 0 aromatic carbocycles. The smallest absolute Gasteiger partial charge is 0.191 e. The first-order chi connectivity index (χ1) is 12.0.